The number of carbonyl (C=O) groups is 4. The molecule has 1 aliphatic heterocycles. The molecule has 7 atom stereocenters. The first-order valence-electron chi connectivity index (χ1n) is 13.1. The second-order valence-corrected chi connectivity index (χ2v) is 12.1. The number of hydrogen-bond donors (Lipinski definition) is 1. The van der Waals surface area contributed by atoms with E-state index in [1.54, 1.807) is 18.2 Å². The van der Waals surface area contributed by atoms with Crippen molar-refractivity contribution in [3.63, 3.8) is 0 Å². The minimum Gasteiger partial charge on any atom is -0.455 e. The number of allylic oxidation sites excluding steroid dienone is 1. The van der Waals surface area contributed by atoms with Crippen LogP contribution in [0.2, 0.25) is 0 Å². The van der Waals surface area contributed by atoms with Crippen molar-refractivity contribution in [1.29, 1.82) is 0 Å². The molecule has 224 valence electrons. The van der Waals surface area contributed by atoms with E-state index in [1.165, 1.54) is 26.0 Å². The highest BCUT2D eigenvalue weighted by molar-refractivity contribution is 6.03. The smallest absolute Gasteiger partial charge is 0.338 e. The van der Waals surface area contributed by atoms with Gasteiger partial charge in [0.2, 0.25) is 5.78 Å². The highest BCUT2D eigenvalue weighted by Crippen LogP contribution is 2.66. The second kappa shape index (κ2) is 9.47. The summed E-state index contributed by atoms with van der Waals surface area (Å²) in [5.41, 5.74) is -10.5. The van der Waals surface area contributed by atoms with Crippen molar-refractivity contribution >= 4 is 23.5 Å². The second-order valence-electron chi connectivity index (χ2n) is 12.1. The molecule has 1 aromatic carbocycles. The Labute approximate surface area is 234 Å². The molecule has 41 heavy (non-hydrogen) atoms. The predicted molar refractivity (Wildman–Crippen MR) is 136 cm³/mol. The van der Waals surface area contributed by atoms with Crippen LogP contribution in [0.1, 0.15) is 57.8 Å². The van der Waals surface area contributed by atoms with Crippen molar-refractivity contribution in [2.24, 2.45) is 16.7 Å². The zero-order valence-electron chi connectivity index (χ0n) is 23.3. The maximum absolute atomic E-state index is 16.4. The summed E-state index contributed by atoms with van der Waals surface area (Å²) >= 11 is 0. The van der Waals surface area contributed by atoms with Crippen LogP contribution >= 0.6 is 0 Å². The summed E-state index contributed by atoms with van der Waals surface area (Å²) < 4.78 is 66.1. The van der Waals surface area contributed by atoms with E-state index in [4.69, 9.17) is 14.2 Å². The number of aliphatic hydroxyl groups is 1. The van der Waals surface area contributed by atoms with Gasteiger partial charge in [-0.3, -0.25) is 14.4 Å². The lowest BCUT2D eigenvalue weighted by atomic mass is 9.45. The summed E-state index contributed by atoms with van der Waals surface area (Å²) in [4.78, 5) is 53.0. The van der Waals surface area contributed by atoms with Gasteiger partial charge in [0.25, 0.3) is 0 Å². The fraction of sp³-hybridized carbons (Fsp3) is 0.586. The molecule has 2 bridgehead atoms. The first-order valence-corrected chi connectivity index (χ1v) is 13.1. The molecular weight excluding hydrogens is 549 g/mol. The van der Waals surface area contributed by atoms with Crippen LogP contribution in [0.5, 0.6) is 0 Å². The van der Waals surface area contributed by atoms with Gasteiger partial charge in [0.05, 0.1) is 23.5 Å². The van der Waals surface area contributed by atoms with Crippen molar-refractivity contribution < 1.29 is 57.1 Å². The summed E-state index contributed by atoms with van der Waals surface area (Å²) in [6, 6.07) is 7.56. The number of hydrogen-bond acceptors (Lipinski definition) is 8. The number of carbonyl (C=O) groups excluding carboxylic acids is 4. The minimum atomic E-state index is -4.39. The summed E-state index contributed by atoms with van der Waals surface area (Å²) in [5, 5.41) is 12.4. The van der Waals surface area contributed by atoms with Crippen LogP contribution < -0.4 is 0 Å². The Bertz CT molecular complexity index is 1340. The normalized spacial score (nSPS) is 38.7. The van der Waals surface area contributed by atoms with Crippen LogP contribution in [0.25, 0.3) is 0 Å². The molecule has 0 spiro atoms. The number of esters is 2. The molecular formula is C29H33F3O9. The van der Waals surface area contributed by atoms with E-state index in [1.807, 2.05) is 0 Å². The van der Waals surface area contributed by atoms with Gasteiger partial charge in [0, 0.05) is 30.8 Å². The molecule has 2 saturated carbocycles. The number of rotatable bonds is 3. The van der Waals surface area contributed by atoms with E-state index in [0.717, 1.165) is 20.8 Å². The number of fused-ring (bicyclic) bond motifs is 5. The Morgan fingerprint density at radius 2 is 1.71 bits per heavy atom. The van der Waals surface area contributed by atoms with Crippen molar-refractivity contribution in [3.8, 4) is 0 Å². The van der Waals surface area contributed by atoms with Crippen molar-refractivity contribution in [3.05, 3.63) is 47.0 Å². The van der Waals surface area contributed by atoms with Gasteiger partial charge in [-0.2, -0.15) is 8.78 Å². The minimum absolute atomic E-state index is 0. The molecule has 3 aliphatic carbocycles. The molecule has 0 amide bonds. The molecule has 9 nitrogen and oxygen atoms in total. The SMILES string of the molecule is CC(=O)O[C@@]12CO[C@@H]1C[C@@H](F)[C@@]1(C)C(=O)C(F)(F)C3=C(C)C(=O)C[C@@](O)([C@@H](OC(=O)c4ccccc4)[C@H]21)C3(C)C.O. The Hall–Kier alpha value is -3.09. The highest BCUT2D eigenvalue weighted by atomic mass is 19.3. The molecule has 0 aromatic heterocycles. The predicted octanol–water partition coefficient (Wildman–Crippen LogP) is 2.72. The van der Waals surface area contributed by atoms with Gasteiger partial charge < -0.3 is 24.8 Å². The third-order valence-corrected chi connectivity index (χ3v) is 9.67. The lowest BCUT2D eigenvalue weighted by molar-refractivity contribution is -0.341. The number of ketones is 2. The molecule has 0 unspecified atom stereocenters. The number of ether oxygens (including phenoxy) is 3. The lowest BCUT2D eigenvalue weighted by Gasteiger charge is -2.66. The quantitative estimate of drug-likeness (QED) is 0.535. The first-order chi connectivity index (χ1) is 18.5. The third-order valence-electron chi connectivity index (χ3n) is 9.67. The summed E-state index contributed by atoms with van der Waals surface area (Å²) in [7, 11) is 0. The zero-order chi connectivity index (χ0) is 29.6. The third kappa shape index (κ3) is 3.86. The van der Waals surface area contributed by atoms with Gasteiger partial charge in [-0.25, -0.2) is 9.18 Å². The molecule has 1 saturated heterocycles. The molecule has 12 heteroatoms. The van der Waals surface area contributed by atoms with Gasteiger partial charge in [-0.05, 0) is 31.6 Å². The van der Waals surface area contributed by atoms with Crippen LogP contribution in [0, 0.1) is 16.7 Å². The van der Waals surface area contributed by atoms with Crippen molar-refractivity contribution in [2.45, 2.75) is 83.0 Å². The molecule has 4 aliphatic rings. The van der Waals surface area contributed by atoms with E-state index in [0.29, 0.717) is 0 Å². The number of alkyl halides is 3. The van der Waals surface area contributed by atoms with E-state index >= 15 is 13.2 Å². The largest absolute Gasteiger partial charge is 0.455 e. The summed E-state index contributed by atoms with van der Waals surface area (Å²) in [6.07, 6.45) is -6.70. The lowest BCUT2D eigenvalue weighted by Crippen LogP contribution is -2.81. The van der Waals surface area contributed by atoms with E-state index in [-0.39, 0.29) is 11.0 Å². The topological polar surface area (TPSA) is 148 Å². The summed E-state index contributed by atoms with van der Waals surface area (Å²) in [6.45, 7) is 5.21. The number of Topliss-reactive ketones (excluding diaryl/α,β-unsaturated/α-hetero) is 2. The van der Waals surface area contributed by atoms with Gasteiger partial charge in [0.15, 0.2) is 11.4 Å². The Morgan fingerprint density at radius 1 is 1.10 bits per heavy atom. The van der Waals surface area contributed by atoms with E-state index in [9.17, 15) is 24.3 Å². The highest BCUT2D eigenvalue weighted by Gasteiger charge is 2.80. The van der Waals surface area contributed by atoms with Gasteiger partial charge in [0.1, 0.15) is 24.0 Å². The standard InChI is InChI=1S/C29H31F3O8.H2O/c1-14-17(34)12-28(37)22(39-23(35)16-9-7-6-8-10-16)21-26(5,24(36)29(31,32)20(14)25(28,3)4)18(30)11-19-27(21,13-38-19)40-15(2)33;/h6-10,18-19,21-22,37H,11-13H2,1-5H3;1H2/t18-,19-,21+,22+,26-,27+,28-;/m1./s1. The molecule has 1 aromatic rings. The molecule has 0 radical (unpaired) electrons. The molecule has 1 heterocycles. The number of benzene rings is 1. The van der Waals surface area contributed by atoms with Crippen LogP contribution in [0.3, 0.4) is 0 Å². The van der Waals surface area contributed by atoms with E-state index in [2.05, 4.69) is 0 Å². The summed E-state index contributed by atoms with van der Waals surface area (Å²) in [5.74, 6) is -10.8. The van der Waals surface area contributed by atoms with Crippen LogP contribution in [-0.4, -0.2) is 76.2 Å². The maximum Gasteiger partial charge on any atom is 0.338 e. The fourth-order valence-electron chi connectivity index (χ4n) is 7.50. The van der Waals surface area contributed by atoms with Gasteiger partial charge >= 0.3 is 17.9 Å². The number of halogens is 3. The average molecular weight is 583 g/mol. The Kier molecular flexibility index (Phi) is 7.12. The fourth-order valence-corrected chi connectivity index (χ4v) is 7.50. The maximum atomic E-state index is 16.4. The Morgan fingerprint density at radius 3 is 2.24 bits per heavy atom. The van der Waals surface area contributed by atoms with Gasteiger partial charge in [-0.1, -0.05) is 32.0 Å². The van der Waals surface area contributed by atoms with Crippen LogP contribution in [0.15, 0.2) is 41.5 Å². The molecule has 5 rings (SSSR count). The molecule has 3 N–H and O–H groups in total. The van der Waals surface area contributed by atoms with Gasteiger partial charge in [-0.15, -0.1) is 0 Å². The van der Waals surface area contributed by atoms with E-state index < -0.39 is 106 Å². The molecule has 3 fully saturated rings. The van der Waals surface area contributed by atoms with Crippen molar-refractivity contribution in [1.82, 2.24) is 0 Å². The first kappa shape index (κ1) is 30.9. The Balaban J connectivity index is 0.00000387. The van der Waals surface area contributed by atoms with Crippen LogP contribution in [-0.2, 0) is 28.6 Å². The average Bonchev–Trinajstić information content (AvgIpc) is 2.86. The monoisotopic (exact) mass is 582 g/mol. The zero-order valence-corrected chi connectivity index (χ0v) is 23.3. The van der Waals surface area contributed by atoms with Crippen molar-refractivity contribution in [2.75, 3.05) is 6.61 Å². The van der Waals surface area contributed by atoms with Crippen LogP contribution in [0.4, 0.5) is 13.2 Å².